The van der Waals surface area contributed by atoms with E-state index in [1.165, 1.54) is 0 Å². The Balaban J connectivity index is 2.00. The third kappa shape index (κ3) is 4.44. The van der Waals surface area contributed by atoms with E-state index in [9.17, 15) is 13.2 Å². The third-order valence-electron chi connectivity index (χ3n) is 3.55. The van der Waals surface area contributed by atoms with Crippen molar-refractivity contribution in [3.05, 3.63) is 29.8 Å². The van der Waals surface area contributed by atoms with Crippen LogP contribution in [0.5, 0.6) is 0 Å². The second-order valence-corrected chi connectivity index (χ2v) is 7.12. The van der Waals surface area contributed by atoms with Crippen molar-refractivity contribution in [2.75, 3.05) is 30.7 Å². The van der Waals surface area contributed by atoms with Gasteiger partial charge in [-0.15, -0.1) is 0 Å². The molecule has 2 N–H and O–H groups in total. The van der Waals surface area contributed by atoms with Crippen LogP contribution < -0.4 is 4.72 Å². The van der Waals surface area contributed by atoms with Crippen molar-refractivity contribution in [3.63, 3.8) is 0 Å². The van der Waals surface area contributed by atoms with E-state index in [-0.39, 0.29) is 12.5 Å². The first-order valence-corrected chi connectivity index (χ1v) is 8.76. The number of sulfonamides is 1. The SMILES string of the molecule is CS(=O)(=O)Nc1ccc(C(=O)N2CCC(CCO)C2)cc1. The lowest BCUT2D eigenvalue weighted by Gasteiger charge is -2.16. The average molecular weight is 312 g/mol. The van der Waals surface area contributed by atoms with Gasteiger partial charge in [-0.25, -0.2) is 8.42 Å². The number of nitrogens with zero attached hydrogens (tertiary/aromatic N) is 1. The molecule has 0 radical (unpaired) electrons. The van der Waals surface area contributed by atoms with Crippen molar-refractivity contribution in [3.8, 4) is 0 Å². The lowest BCUT2D eigenvalue weighted by molar-refractivity contribution is 0.0785. The monoisotopic (exact) mass is 312 g/mol. The summed E-state index contributed by atoms with van der Waals surface area (Å²) < 4.78 is 24.6. The molecule has 1 unspecified atom stereocenters. The molecular formula is C14H20N2O4S. The molecule has 1 heterocycles. The van der Waals surface area contributed by atoms with Crippen LogP contribution in [0, 0.1) is 5.92 Å². The Bertz CT molecular complexity index is 598. The number of amides is 1. The van der Waals surface area contributed by atoms with Gasteiger partial charge in [0, 0.05) is 30.9 Å². The Morgan fingerprint density at radius 1 is 1.38 bits per heavy atom. The molecule has 2 rings (SSSR count). The summed E-state index contributed by atoms with van der Waals surface area (Å²) in [5.74, 6) is 0.312. The summed E-state index contributed by atoms with van der Waals surface area (Å²) in [4.78, 5) is 14.1. The van der Waals surface area contributed by atoms with Crippen LogP contribution in [0.3, 0.4) is 0 Å². The van der Waals surface area contributed by atoms with Gasteiger partial charge in [0.05, 0.1) is 6.26 Å². The molecule has 7 heteroatoms. The highest BCUT2D eigenvalue weighted by Gasteiger charge is 2.26. The van der Waals surface area contributed by atoms with E-state index in [0.717, 1.165) is 19.1 Å². The van der Waals surface area contributed by atoms with Gasteiger partial charge in [-0.3, -0.25) is 9.52 Å². The second kappa shape index (κ2) is 6.44. The zero-order valence-corrected chi connectivity index (χ0v) is 12.8. The first-order chi connectivity index (χ1) is 9.89. The van der Waals surface area contributed by atoms with Crippen LogP contribution in [-0.2, 0) is 10.0 Å². The topological polar surface area (TPSA) is 86.7 Å². The minimum Gasteiger partial charge on any atom is -0.396 e. The smallest absolute Gasteiger partial charge is 0.253 e. The zero-order valence-electron chi connectivity index (χ0n) is 11.9. The number of carbonyl (C=O) groups is 1. The van der Waals surface area contributed by atoms with Crippen molar-refractivity contribution in [2.45, 2.75) is 12.8 Å². The summed E-state index contributed by atoms with van der Waals surface area (Å²) in [7, 11) is -3.31. The lowest BCUT2D eigenvalue weighted by Crippen LogP contribution is -2.28. The summed E-state index contributed by atoms with van der Waals surface area (Å²) in [6.07, 6.45) is 2.72. The van der Waals surface area contributed by atoms with Crippen LogP contribution in [0.25, 0.3) is 0 Å². The summed E-state index contributed by atoms with van der Waals surface area (Å²) in [6, 6.07) is 6.40. The standard InChI is InChI=1S/C14H20N2O4S/c1-21(19,20)15-13-4-2-12(3-5-13)14(18)16-8-6-11(10-16)7-9-17/h2-5,11,15,17H,6-10H2,1H3. The van der Waals surface area contributed by atoms with Gasteiger partial charge in [-0.1, -0.05) is 0 Å². The average Bonchev–Trinajstić information content (AvgIpc) is 2.86. The van der Waals surface area contributed by atoms with Crippen LogP contribution in [0.1, 0.15) is 23.2 Å². The maximum atomic E-state index is 12.3. The molecule has 1 aliphatic rings. The molecule has 1 aromatic carbocycles. The Morgan fingerprint density at radius 3 is 2.62 bits per heavy atom. The molecule has 0 aliphatic carbocycles. The van der Waals surface area contributed by atoms with Gasteiger partial charge in [0.15, 0.2) is 0 Å². The van der Waals surface area contributed by atoms with Crippen LogP contribution in [0.2, 0.25) is 0 Å². The number of rotatable bonds is 5. The van der Waals surface area contributed by atoms with E-state index < -0.39 is 10.0 Å². The Kier molecular flexibility index (Phi) is 4.84. The Hall–Kier alpha value is -1.60. The highest BCUT2D eigenvalue weighted by Crippen LogP contribution is 2.21. The van der Waals surface area contributed by atoms with Crippen LogP contribution in [-0.4, -0.2) is 50.3 Å². The van der Waals surface area contributed by atoms with Crippen molar-refractivity contribution in [1.29, 1.82) is 0 Å². The fourth-order valence-corrected chi connectivity index (χ4v) is 3.08. The van der Waals surface area contributed by atoms with Gasteiger partial charge >= 0.3 is 0 Å². The normalized spacial score (nSPS) is 18.8. The molecule has 6 nitrogen and oxygen atoms in total. The van der Waals surface area contributed by atoms with Crippen molar-refractivity contribution < 1.29 is 18.3 Å². The molecule has 0 aromatic heterocycles. The Labute approximate surface area is 124 Å². The molecular weight excluding hydrogens is 292 g/mol. The molecule has 0 spiro atoms. The molecule has 0 saturated carbocycles. The van der Waals surface area contributed by atoms with Crippen molar-refractivity contribution in [1.82, 2.24) is 4.90 Å². The quantitative estimate of drug-likeness (QED) is 0.846. The first kappa shape index (κ1) is 15.8. The van der Waals surface area contributed by atoms with Gasteiger partial charge in [0.2, 0.25) is 10.0 Å². The van der Waals surface area contributed by atoms with E-state index >= 15 is 0 Å². The number of aliphatic hydroxyl groups is 1. The molecule has 1 atom stereocenters. The number of carbonyl (C=O) groups excluding carboxylic acids is 1. The van der Waals surface area contributed by atoms with Gasteiger partial charge in [-0.05, 0) is 43.0 Å². The van der Waals surface area contributed by atoms with Crippen LogP contribution >= 0.6 is 0 Å². The molecule has 1 amide bonds. The van der Waals surface area contributed by atoms with E-state index in [1.807, 2.05) is 0 Å². The predicted octanol–water partition coefficient (Wildman–Crippen LogP) is 0.903. The maximum absolute atomic E-state index is 12.3. The number of nitrogens with one attached hydrogen (secondary N) is 1. The molecule has 116 valence electrons. The fourth-order valence-electron chi connectivity index (χ4n) is 2.51. The van der Waals surface area contributed by atoms with Gasteiger partial charge in [-0.2, -0.15) is 0 Å². The second-order valence-electron chi connectivity index (χ2n) is 5.37. The van der Waals surface area contributed by atoms with E-state index in [4.69, 9.17) is 5.11 Å². The number of hydrogen-bond acceptors (Lipinski definition) is 4. The highest BCUT2D eigenvalue weighted by molar-refractivity contribution is 7.92. The minimum atomic E-state index is -3.31. The van der Waals surface area contributed by atoms with Gasteiger partial charge in [0.25, 0.3) is 5.91 Å². The fraction of sp³-hybridized carbons (Fsp3) is 0.500. The summed E-state index contributed by atoms with van der Waals surface area (Å²) in [6.45, 7) is 1.52. The zero-order chi connectivity index (χ0) is 15.5. The summed E-state index contributed by atoms with van der Waals surface area (Å²) in [5.41, 5.74) is 0.979. The molecule has 1 aliphatic heterocycles. The van der Waals surface area contributed by atoms with Crippen LogP contribution in [0.4, 0.5) is 5.69 Å². The highest BCUT2D eigenvalue weighted by atomic mass is 32.2. The largest absolute Gasteiger partial charge is 0.396 e. The van der Waals surface area contributed by atoms with Gasteiger partial charge < -0.3 is 10.0 Å². The predicted molar refractivity (Wildman–Crippen MR) is 80.6 cm³/mol. The first-order valence-electron chi connectivity index (χ1n) is 6.87. The molecule has 0 bridgehead atoms. The maximum Gasteiger partial charge on any atom is 0.253 e. The Morgan fingerprint density at radius 2 is 2.05 bits per heavy atom. The van der Waals surface area contributed by atoms with E-state index in [2.05, 4.69) is 4.72 Å². The molecule has 1 fully saturated rings. The number of aliphatic hydroxyl groups excluding tert-OH is 1. The van der Waals surface area contributed by atoms with Crippen molar-refractivity contribution in [2.24, 2.45) is 5.92 Å². The third-order valence-corrected chi connectivity index (χ3v) is 4.15. The van der Waals surface area contributed by atoms with Crippen molar-refractivity contribution >= 4 is 21.6 Å². The number of likely N-dealkylation sites (tertiary alicyclic amines) is 1. The summed E-state index contributed by atoms with van der Waals surface area (Å²) >= 11 is 0. The van der Waals surface area contributed by atoms with E-state index in [1.54, 1.807) is 29.2 Å². The molecule has 1 saturated heterocycles. The van der Waals surface area contributed by atoms with Gasteiger partial charge in [0.1, 0.15) is 0 Å². The number of anilines is 1. The molecule has 21 heavy (non-hydrogen) atoms. The van der Waals surface area contributed by atoms with Crippen LogP contribution in [0.15, 0.2) is 24.3 Å². The summed E-state index contributed by atoms with van der Waals surface area (Å²) in [5, 5.41) is 8.93. The number of hydrogen-bond donors (Lipinski definition) is 2. The minimum absolute atomic E-state index is 0.0543. The number of benzene rings is 1. The van der Waals surface area contributed by atoms with E-state index in [0.29, 0.717) is 30.3 Å². The lowest BCUT2D eigenvalue weighted by atomic mass is 10.1. The molecule has 1 aromatic rings.